The highest BCUT2D eigenvalue weighted by molar-refractivity contribution is 6.32. The van der Waals surface area contributed by atoms with E-state index in [0.29, 0.717) is 65.9 Å². The van der Waals surface area contributed by atoms with Crippen LogP contribution in [-0.4, -0.2) is 69.0 Å². The highest BCUT2D eigenvalue weighted by Gasteiger charge is 2.49. The average Bonchev–Trinajstić information content (AvgIpc) is 3.49. The molecule has 15 heteroatoms. The Hall–Kier alpha value is -5.14. The Morgan fingerprint density at radius 3 is 2.54 bits per heavy atom. The van der Waals surface area contributed by atoms with E-state index in [4.69, 9.17) is 32.7 Å². The number of hydrogen-bond acceptors (Lipinski definition) is 7. The van der Waals surface area contributed by atoms with Crippen molar-refractivity contribution in [2.75, 3.05) is 24.7 Å². The number of aliphatic carboxylic acids is 2. The van der Waals surface area contributed by atoms with E-state index >= 15 is 4.39 Å². The number of carbonyl (C=O) groups excluding carboxylic acids is 2. The molecule has 3 N–H and O–H groups in total. The first-order valence-corrected chi connectivity index (χ1v) is 18.3. The molecule has 286 valence electrons. The maximum absolute atomic E-state index is 15.5. The van der Waals surface area contributed by atoms with Crippen molar-refractivity contribution in [1.82, 2.24) is 15.1 Å². The van der Waals surface area contributed by atoms with Gasteiger partial charge < -0.3 is 29.9 Å². The molecule has 0 saturated carbocycles. The molecule has 2 heterocycles. The van der Waals surface area contributed by atoms with Gasteiger partial charge in [0.15, 0.2) is 11.3 Å². The van der Waals surface area contributed by atoms with E-state index in [9.17, 15) is 29.4 Å². The summed E-state index contributed by atoms with van der Waals surface area (Å²) in [5.74, 6) is -5.02. The number of halogens is 3. The molecule has 1 aliphatic heterocycles. The van der Waals surface area contributed by atoms with Gasteiger partial charge in [-0.1, -0.05) is 55.2 Å². The summed E-state index contributed by atoms with van der Waals surface area (Å²) in [7, 11) is 0. The molecule has 3 aromatic carbocycles. The predicted octanol–water partition coefficient (Wildman–Crippen LogP) is 7.40. The van der Waals surface area contributed by atoms with Crippen molar-refractivity contribution >= 4 is 52.6 Å². The van der Waals surface area contributed by atoms with Crippen LogP contribution < -0.4 is 19.7 Å². The molecule has 4 aromatic rings. The minimum absolute atomic E-state index is 0.0224. The topological polar surface area (TPSA) is 160 Å². The Kier molecular flexibility index (Phi) is 12.9. The molecule has 0 radical (unpaired) electrons. The number of anilines is 1. The highest BCUT2D eigenvalue weighted by atomic mass is 35.5. The first-order valence-electron chi connectivity index (χ1n) is 17.5. The van der Waals surface area contributed by atoms with Crippen LogP contribution in [0.4, 0.5) is 10.1 Å². The molecular formula is C39H41Cl2FN4O8. The Balaban J connectivity index is 1.30. The van der Waals surface area contributed by atoms with Gasteiger partial charge in [-0.05, 0) is 62.9 Å². The van der Waals surface area contributed by atoms with Crippen LogP contribution in [0.2, 0.25) is 10.0 Å². The molecule has 0 spiro atoms. The van der Waals surface area contributed by atoms with Crippen LogP contribution >= 0.6 is 23.2 Å². The van der Waals surface area contributed by atoms with Crippen LogP contribution in [0.5, 0.6) is 11.5 Å². The van der Waals surface area contributed by atoms with E-state index in [2.05, 4.69) is 10.4 Å². The molecule has 1 unspecified atom stereocenters. The number of aromatic nitrogens is 2. The molecule has 0 bridgehead atoms. The second-order valence-corrected chi connectivity index (χ2v) is 13.8. The molecule has 0 fully saturated rings. The van der Waals surface area contributed by atoms with Gasteiger partial charge in [0.2, 0.25) is 5.91 Å². The first kappa shape index (κ1) is 40.1. The number of rotatable bonds is 15. The maximum Gasteiger partial charge on any atom is 0.330 e. The van der Waals surface area contributed by atoms with Crippen molar-refractivity contribution in [3.8, 4) is 22.6 Å². The standard InChI is InChI=1S/C39H41Cl2FN4O8/c1-4-28(37(49)50)39(5-2,38(51)52)44-36(48)24-18-30(41)27(31(42)19-24)22-45-21-25(20-43-45)26-10-6-12-32-35(26)54-17-9-15-46(32)34(47)14-8-16-53-33-13-7-11-29(40)23(33)3/h6-7,10-13,18-21,28H,4-5,8-9,14-17,22H2,1-3H3,(H,44,48)(H,49,50)(H,51,52)/t28?,39-/m1/s1. The van der Waals surface area contributed by atoms with Gasteiger partial charge in [-0.15, -0.1) is 0 Å². The van der Waals surface area contributed by atoms with Gasteiger partial charge in [-0.25, -0.2) is 9.18 Å². The lowest BCUT2D eigenvalue weighted by Crippen LogP contribution is -2.61. The van der Waals surface area contributed by atoms with Gasteiger partial charge >= 0.3 is 11.9 Å². The minimum Gasteiger partial charge on any atom is -0.493 e. The van der Waals surface area contributed by atoms with Crippen molar-refractivity contribution in [2.45, 2.75) is 65.0 Å². The molecule has 1 aromatic heterocycles. The second-order valence-electron chi connectivity index (χ2n) is 12.9. The van der Waals surface area contributed by atoms with Gasteiger partial charge in [0, 0.05) is 57.0 Å². The monoisotopic (exact) mass is 782 g/mol. The molecule has 12 nitrogen and oxygen atoms in total. The maximum atomic E-state index is 15.5. The minimum atomic E-state index is -2.12. The summed E-state index contributed by atoms with van der Waals surface area (Å²) >= 11 is 12.7. The van der Waals surface area contributed by atoms with Crippen LogP contribution in [0.15, 0.2) is 60.9 Å². The fourth-order valence-electron chi connectivity index (χ4n) is 6.60. The Morgan fingerprint density at radius 2 is 1.85 bits per heavy atom. The lowest BCUT2D eigenvalue weighted by molar-refractivity contribution is -0.157. The number of hydrogen-bond donors (Lipinski definition) is 3. The number of amides is 2. The number of fused-ring (bicyclic) bond motifs is 1. The van der Waals surface area contributed by atoms with E-state index in [-0.39, 0.29) is 47.9 Å². The SMILES string of the molecule is CCC(C(=O)O)[C@@](CC)(NC(=O)c1cc(F)c(Cn2cc(-c3cccc4c3OCCCN4C(=O)CCCOc3cccc(Cl)c3C)cn2)c(Cl)c1)C(=O)O. The lowest BCUT2D eigenvalue weighted by atomic mass is 9.79. The van der Waals surface area contributed by atoms with Crippen LogP contribution in [0.1, 0.15) is 67.4 Å². The van der Waals surface area contributed by atoms with E-state index < -0.39 is 35.1 Å². The van der Waals surface area contributed by atoms with Crippen molar-refractivity contribution in [3.63, 3.8) is 0 Å². The number of carboxylic acid groups (broad SMARTS) is 2. The zero-order valence-electron chi connectivity index (χ0n) is 30.0. The second kappa shape index (κ2) is 17.3. The third kappa shape index (κ3) is 8.47. The Labute approximate surface area is 321 Å². The molecule has 2 atom stereocenters. The number of ether oxygens (including phenoxy) is 2. The van der Waals surface area contributed by atoms with Gasteiger partial charge in [0.05, 0.1) is 37.6 Å². The van der Waals surface area contributed by atoms with Gasteiger partial charge in [0.25, 0.3) is 5.91 Å². The van der Waals surface area contributed by atoms with Crippen LogP contribution in [0, 0.1) is 18.7 Å². The fraction of sp³-hybridized carbons (Fsp3) is 0.359. The number of carboxylic acids is 2. The Bertz CT molecular complexity index is 2030. The normalized spacial score (nSPS) is 14.2. The summed E-state index contributed by atoms with van der Waals surface area (Å²) in [5.41, 5.74) is 0.424. The molecule has 0 saturated heterocycles. The average molecular weight is 784 g/mol. The van der Waals surface area contributed by atoms with Crippen LogP contribution in [-0.2, 0) is 20.9 Å². The summed E-state index contributed by atoms with van der Waals surface area (Å²) in [6.07, 6.45) is 4.36. The predicted molar refractivity (Wildman–Crippen MR) is 201 cm³/mol. The summed E-state index contributed by atoms with van der Waals surface area (Å²) in [6.45, 7) is 5.93. The van der Waals surface area contributed by atoms with Gasteiger partial charge in [-0.2, -0.15) is 5.10 Å². The molecule has 2 amide bonds. The zero-order chi connectivity index (χ0) is 39.2. The van der Waals surface area contributed by atoms with Gasteiger partial charge in [0.1, 0.15) is 11.6 Å². The summed E-state index contributed by atoms with van der Waals surface area (Å²) in [6, 6.07) is 13.1. The third-order valence-electron chi connectivity index (χ3n) is 9.61. The summed E-state index contributed by atoms with van der Waals surface area (Å²) < 4.78 is 29.0. The number of nitrogens with zero attached hydrogens (tertiary/aromatic N) is 3. The van der Waals surface area contributed by atoms with E-state index in [1.807, 2.05) is 37.3 Å². The number of nitrogens with one attached hydrogen (secondary N) is 1. The van der Waals surface area contributed by atoms with E-state index in [1.165, 1.54) is 24.6 Å². The van der Waals surface area contributed by atoms with Crippen LogP contribution in [0.25, 0.3) is 11.1 Å². The highest BCUT2D eigenvalue weighted by Crippen LogP contribution is 2.40. The fourth-order valence-corrected chi connectivity index (χ4v) is 7.03. The number of carbonyl (C=O) groups is 4. The smallest absolute Gasteiger partial charge is 0.330 e. The van der Waals surface area contributed by atoms with E-state index in [0.717, 1.165) is 11.6 Å². The van der Waals surface area contributed by atoms with Gasteiger partial charge in [-0.3, -0.25) is 19.1 Å². The largest absolute Gasteiger partial charge is 0.493 e. The first-order chi connectivity index (χ1) is 25.8. The van der Waals surface area contributed by atoms with Crippen molar-refractivity contribution in [1.29, 1.82) is 0 Å². The van der Waals surface area contributed by atoms with Crippen LogP contribution in [0.3, 0.4) is 0 Å². The summed E-state index contributed by atoms with van der Waals surface area (Å²) in [4.78, 5) is 52.5. The molecule has 54 heavy (non-hydrogen) atoms. The van der Waals surface area contributed by atoms with Crippen molar-refractivity contribution in [3.05, 3.63) is 93.5 Å². The molecular weight excluding hydrogens is 742 g/mol. The number of para-hydroxylation sites is 1. The molecule has 5 rings (SSSR count). The van der Waals surface area contributed by atoms with Crippen molar-refractivity contribution < 1.29 is 43.3 Å². The quantitative estimate of drug-likeness (QED) is 0.104. The number of benzene rings is 3. The summed E-state index contributed by atoms with van der Waals surface area (Å²) in [5, 5.41) is 26.8. The third-order valence-corrected chi connectivity index (χ3v) is 10.4. The lowest BCUT2D eigenvalue weighted by Gasteiger charge is -2.34. The van der Waals surface area contributed by atoms with E-state index in [1.54, 1.807) is 23.4 Å². The zero-order valence-corrected chi connectivity index (χ0v) is 31.5. The molecule has 0 aliphatic carbocycles. The Morgan fingerprint density at radius 1 is 1.09 bits per heavy atom. The molecule has 1 aliphatic rings. The van der Waals surface area contributed by atoms with Crippen molar-refractivity contribution in [2.24, 2.45) is 5.92 Å².